The number of carbonyl (C=O) groups excluding carboxylic acids is 1. The molecule has 1 aromatic rings. The molecule has 0 saturated carbocycles. The van der Waals surface area contributed by atoms with Gasteiger partial charge < -0.3 is 4.57 Å². The lowest BCUT2D eigenvalue weighted by Gasteiger charge is -2.24. The van der Waals surface area contributed by atoms with E-state index in [1.807, 2.05) is 24.5 Å². The van der Waals surface area contributed by atoms with Crippen LogP contribution in [0.25, 0.3) is 0 Å². The summed E-state index contributed by atoms with van der Waals surface area (Å²) in [6, 6.07) is 2.01. The van der Waals surface area contributed by atoms with E-state index in [1.54, 1.807) is 0 Å². The predicted molar refractivity (Wildman–Crippen MR) is 72.3 cm³/mol. The fraction of sp³-hybridized carbons (Fsp3) is 0.571. The number of nitrogens with zero attached hydrogens (tertiary/aromatic N) is 1. The molecule has 0 atom stereocenters. The summed E-state index contributed by atoms with van der Waals surface area (Å²) < 4.78 is 1.84. The topological polar surface area (TPSA) is 39.1 Å². The molecule has 4 heteroatoms. The second-order valence-electron chi connectivity index (χ2n) is 5.15. The Kier molecular flexibility index (Phi) is 3.91. The van der Waals surface area contributed by atoms with Crippen molar-refractivity contribution in [2.75, 3.05) is 0 Å². The normalized spacial score (nSPS) is 14.7. The van der Waals surface area contributed by atoms with Gasteiger partial charge in [0.1, 0.15) is 0 Å². The zero-order valence-electron chi connectivity index (χ0n) is 10.8. The van der Waals surface area contributed by atoms with Crippen LogP contribution in [-0.2, 0) is 24.1 Å². The highest BCUT2D eigenvalue weighted by Gasteiger charge is 2.19. The Hall–Kier alpha value is -1.09. The van der Waals surface area contributed by atoms with Crippen LogP contribution in [0.3, 0.4) is 0 Å². The quantitative estimate of drug-likeness (QED) is 0.790. The summed E-state index contributed by atoms with van der Waals surface area (Å²) in [4.78, 5) is 23.4. The fourth-order valence-electron chi connectivity index (χ4n) is 2.72. The molecule has 0 saturated heterocycles. The second kappa shape index (κ2) is 5.27. The highest BCUT2D eigenvalue weighted by molar-refractivity contribution is 6.63. The summed E-state index contributed by atoms with van der Waals surface area (Å²) in [5.74, 6) is 0. The summed E-state index contributed by atoms with van der Waals surface area (Å²) >= 11 is 5.41. The van der Waals surface area contributed by atoms with Gasteiger partial charge in [-0.25, -0.2) is 0 Å². The first-order valence-corrected chi connectivity index (χ1v) is 6.83. The van der Waals surface area contributed by atoms with E-state index < -0.39 is 5.24 Å². The van der Waals surface area contributed by atoms with Gasteiger partial charge in [0.05, 0.1) is 6.42 Å². The Morgan fingerprint density at radius 3 is 2.67 bits per heavy atom. The van der Waals surface area contributed by atoms with Crippen LogP contribution in [0.1, 0.15) is 49.6 Å². The van der Waals surface area contributed by atoms with Crippen molar-refractivity contribution in [2.24, 2.45) is 0 Å². The van der Waals surface area contributed by atoms with E-state index in [9.17, 15) is 9.59 Å². The average Bonchev–Trinajstić information content (AvgIpc) is 2.29. The zero-order valence-corrected chi connectivity index (χ0v) is 11.6. The molecule has 0 unspecified atom stereocenters. The largest absolute Gasteiger partial charge is 0.310 e. The van der Waals surface area contributed by atoms with Crippen LogP contribution in [0.4, 0.5) is 0 Å². The third-order valence-corrected chi connectivity index (χ3v) is 3.59. The molecule has 0 fully saturated rings. The summed E-state index contributed by atoms with van der Waals surface area (Å²) in [6.07, 6.45) is 4.26. The van der Waals surface area contributed by atoms with Crippen molar-refractivity contribution in [1.82, 2.24) is 4.57 Å². The number of carbonyl (C=O) groups is 1. The van der Waals surface area contributed by atoms with Gasteiger partial charge in [-0.2, -0.15) is 0 Å². The van der Waals surface area contributed by atoms with Crippen molar-refractivity contribution in [3.63, 3.8) is 0 Å². The number of aryl methyl sites for hydroxylation is 1. The summed E-state index contributed by atoms with van der Waals surface area (Å²) in [5, 5.41) is -0.474. The molecule has 0 aliphatic heterocycles. The van der Waals surface area contributed by atoms with E-state index in [1.165, 1.54) is 5.56 Å². The molecule has 18 heavy (non-hydrogen) atoms. The average molecular weight is 268 g/mol. The Bertz CT molecular complexity index is 531. The van der Waals surface area contributed by atoms with Gasteiger partial charge in [0, 0.05) is 17.3 Å². The highest BCUT2D eigenvalue weighted by atomic mass is 35.5. The molecule has 0 aromatic carbocycles. The molecule has 3 nitrogen and oxygen atoms in total. The monoisotopic (exact) mass is 267 g/mol. The number of halogens is 1. The molecule has 1 aliphatic rings. The van der Waals surface area contributed by atoms with Gasteiger partial charge >= 0.3 is 0 Å². The van der Waals surface area contributed by atoms with Gasteiger partial charge in [-0.1, -0.05) is 0 Å². The first-order valence-electron chi connectivity index (χ1n) is 6.45. The van der Waals surface area contributed by atoms with Crippen molar-refractivity contribution in [3.8, 4) is 0 Å². The van der Waals surface area contributed by atoms with Crippen LogP contribution in [0.5, 0.6) is 0 Å². The standard InChI is InChI=1S/C14H18ClNO2/c1-9(2)16-12-6-4-3-5-10(12)7-11(14(16)18)8-13(15)17/h7,9H,3-6,8H2,1-2H3. The van der Waals surface area contributed by atoms with Crippen LogP contribution in [0, 0.1) is 0 Å². The minimum Gasteiger partial charge on any atom is -0.310 e. The van der Waals surface area contributed by atoms with E-state index in [0.717, 1.165) is 31.4 Å². The van der Waals surface area contributed by atoms with E-state index in [2.05, 4.69) is 0 Å². The van der Waals surface area contributed by atoms with Crippen molar-refractivity contribution in [1.29, 1.82) is 0 Å². The molecule has 1 aromatic heterocycles. The number of hydrogen-bond donors (Lipinski definition) is 0. The SMILES string of the molecule is CC(C)n1c2c(cc(CC(=O)Cl)c1=O)CCCC2. The first kappa shape index (κ1) is 13.3. The minimum atomic E-state index is -0.474. The van der Waals surface area contributed by atoms with Gasteiger partial charge in [-0.15, -0.1) is 0 Å². The van der Waals surface area contributed by atoms with E-state index in [-0.39, 0.29) is 18.0 Å². The van der Waals surface area contributed by atoms with Gasteiger partial charge in [0.2, 0.25) is 5.24 Å². The molecule has 0 N–H and O–H groups in total. The molecule has 98 valence electrons. The predicted octanol–water partition coefficient (Wildman–Crippen LogP) is 2.62. The third kappa shape index (κ3) is 2.51. The summed E-state index contributed by atoms with van der Waals surface area (Å²) in [5.41, 5.74) is 2.83. The Morgan fingerprint density at radius 2 is 2.06 bits per heavy atom. The maximum atomic E-state index is 12.4. The van der Waals surface area contributed by atoms with E-state index in [0.29, 0.717) is 5.56 Å². The number of pyridine rings is 1. The smallest absolute Gasteiger partial charge is 0.254 e. The maximum absolute atomic E-state index is 12.4. The van der Waals surface area contributed by atoms with Crippen LogP contribution in [0.15, 0.2) is 10.9 Å². The van der Waals surface area contributed by atoms with Crippen molar-refractivity contribution >= 4 is 16.8 Å². The summed E-state index contributed by atoms with van der Waals surface area (Å²) in [7, 11) is 0. The molecular weight excluding hydrogens is 250 g/mol. The highest BCUT2D eigenvalue weighted by Crippen LogP contribution is 2.23. The second-order valence-corrected chi connectivity index (χ2v) is 5.57. The molecule has 0 bridgehead atoms. The van der Waals surface area contributed by atoms with Crippen molar-refractivity contribution in [3.05, 3.63) is 33.2 Å². The summed E-state index contributed by atoms with van der Waals surface area (Å²) in [6.45, 7) is 4.01. The number of hydrogen-bond acceptors (Lipinski definition) is 2. The van der Waals surface area contributed by atoms with Crippen LogP contribution in [-0.4, -0.2) is 9.81 Å². The van der Waals surface area contributed by atoms with Crippen LogP contribution in [0.2, 0.25) is 0 Å². The lowest BCUT2D eigenvalue weighted by atomic mass is 9.93. The van der Waals surface area contributed by atoms with Gasteiger partial charge in [-0.3, -0.25) is 9.59 Å². The van der Waals surface area contributed by atoms with Gasteiger partial charge in [-0.05, 0) is 62.8 Å². The number of fused-ring (bicyclic) bond motifs is 1. The maximum Gasteiger partial charge on any atom is 0.254 e. The van der Waals surface area contributed by atoms with Crippen molar-refractivity contribution in [2.45, 2.75) is 52.0 Å². The Morgan fingerprint density at radius 1 is 1.39 bits per heavy atom. The van der Waals surface area contributed by atoms with E-state index in [4.69, 9.17) is 11.6 Å². The van der Waals surface area contributed by atoms with Crippen LogP contribution >= 0.6 is 11.6 Å². The number of aromatic nitrogens is 1. The third-order valence-electron chi connectivity index (χ3n) is 3.46. The minimum absolute atomic E-state index is 0.0282. The molecule has 0 amide bonds. The molecule has 1 aliphatic carbocycles. The molecule has 2 rings (SSSR count). The number of rotatable bonds is 3. The van der Waals surface area contributed by atoms with Crippen LogP contribution < -0.4 is 5.56 Å². The van der Waals surface area contributed by atoms with Gasteiger partial charge in [0.15, 0.2) is 0 Å². The fourth-order valence-corrected chi connectivity index (χ4v) is 2.86. The zero-order chi connectivity index (χ0) is 13.3. The lowest BCUT2D eigenvalue weighted by molar-refractivity contribution is -0.111. The van der Waals surface area contributed by atoms with Gasteiger partial charge in [0.25, 0.3) is 5.56 Å². The lowest BCUT2D eigenvalue weighted by Crippen LogP contribution is -2.31. The molecule has 0 radical (unpaired) electrons. The molecule has 0 spiro atoms. The molecule has 1 heterocycles. The van der Waals surface area contributed by atoms with Crippen molar-refractivity contribution < 1.29 is 4.79 Å². The Balaban J connectivity index is 2.61. The first-order chi connectivity index (χ1) is 8.50. The molecular formula is C14H18ClNO2. The Labute approximate surface area is 112 Å². The van der Waals surface area contributed by atoms with E-state index >= 15 is 0 Å².